The molecule has 5 nitrogen and oxygen atoms in total. The summed E-state index contributed by atoms with van der Waals surface area (Å²) in [4.78, 5) is 26.1. The summed E-state index contributed by atoms with van der Waals surface area (Å²) in [6.07, 6.45) is 0. The number of nitrogens with one attached hydrogen (secondary N) is 1. The van der Waals surface area contributed by atoms with E-state index < -0.39 is 0 Å². The third-order valence-corrected chi connectivity index (χ3v) is 6.22. The predicted octanol–water partition coefficient (Wildman–Crippen LogP) is 5.17. The number of carbonyl (C=O) groups excluding carboxylic acids is 1. The zero-order valence-electron chi connectivity index (χ0n) is 19.8. The van der Waals surface area contributed by atoms with Crippen LogP contribution in [0.25, 0.3) is 22.0 Å². The highest BCUT2D eigenvalue weighted by atomic mass is 16.2. The molecular formula is C28H29N3O2. The van der Waals surface area contributed by atoms with Crippen molar-refractivity contribution in [2.24, 2.45) is 0 Å². The lowest BCUT2D eigenvalue weighted by Crippen LogP contribution is -2.35. The lowest BCUT2D eigenvalue weighted by atomic mass is 9.99. The van der Waals surface area contributed by atoms with E-state index in [0.717, 1.165) is 27.6 Å². The maximum atomic E-state index is 13.2. The molecule has 0 saturated heterocycles. The Balaban J connectivity index is 1.70. The summed E-state index contributed by atoms with van der Waals surface area (Å²) in [5.74, 6) is -0.252. The Kier molecular flexibility index (Phi) is 6.14. The number of hydrogen-bond donors (Lipinski definition) is 1. The number of benzene rings is 3. The average Bonchev–Trinajstić information content (AvgIpc) is 2.79. The number of nitrogens with zero attached hydrogens (tertiary/aromatic N) is 2. The van der Waals surface area contributed by atoms with E-state index in [1.807, 2.05) is 45.0 Å². The molecule has 0 fully saturated rings. The smallest absolute Gasteiger partial charge is 0.275 e. The maximum absolute atomic E-state index is 13.2. The van der Waals surface area contributed by atoms with Crippen molar-refractivity contribution in [3.8, 4) is 11.3 Å². The van der Waals surface area contributed by atoms with Gasteiger partial charge in [-0.3, -0.25) is 9.59 Å². The summed E-state index contributed by atoms with van der Waals surface area (Å²) in [5, 5.41) is 9.01. The minimum atomic E-state index is -0.270. The number of carbonyl (C=O) groups is 1. The molecular weight excluding hydrogens is 410 g/mol. The molecule has 3 aromatic carbocycles. The first-order valence-electron chi connectivity index (χ1n) is 11.2. The number of rotatable bonds is 5. The van der Waals surface area contributed by atoms with E-state index >= 15 is 0 Å². The van der Waals surface area contributed by atoms with E-state index in [2.05, 4.69) is 54.6 Å². The Bertz CT molecular complexity index is 1420. The van der Waals surface area contributed by atoms with Gasteiger partial charge in [0.2, 0.25) is 5.91 Å². The van der Waals surface area contributed by atoms with Gasteiger partial charge >= 0.3 is 0 Å². The molecule has 1 N–H and O–H groups in total. The second kappa shape index (κ2) is 9.02. The summed E-state index contributed by atoms with van der Waals surface area (Å²) < 4.78 is 1.28. The standard InChI is InChI=1S/C28H29N3O2/c1-17-10-11-19(3)25(14-17)27-23-8-6-7-9-24(23)28(33)31(30-27)16-26(32)29-21(5)22-13-12-18(2)20(4)15-22/h6-15,21H,16H2,1-5H3,(H,29,32). The van der Waals surface area contributed by atoms with Crippen molar-refractivity contribution in [2.75, 3.05) is 0 Å². The molecule has 4 aromatic rings. The Morgan fingerprint density at radius 3 is 2.33 bits per heavy atom. The van der Waals surface area contributed by atoms with E-state index in [-0.39, 0.29) is 24.1 Å². The maximum Gasteiger partial charge on any atom is 0.275 e. The monoisotopic (exact) mass is 439 g/mol. The number of fused-ring (bicyclic) bond motifs is 1. The van der Waals surface area contributed by atoms with Crippen molar-refractivity contribution in [3.63, 3.8) is 0 Å². The Labute approximate surface area is 194 Å². The predicted molar refractivity (Wildman–Crippen MR) is 133 cm³/mol. The summed E-state index contributed by atoms with van der Waals surface area (Å²) in [5.41, 5.74) is 7.00. The number of hydrogen-bond acceptors (Lipinski definition) is 3. The molecule has 1 amide bonds. The minimum absolute atomic E-state index is 0.142. The van der Waals surface area contributed by atoms with Crippen molar-refractivity contribution >= 4 is 16.7 Å². The third-order valence-electron chi connectivity index (χ3n) is 6.22. The molecule has 0 spiro atoms. The molecule has 4 rings (SSSR count). The van der Waals surface area contributed by atoms with Gasteiger partial charge in [-0.2, -0.15) is 5.10 Å². The van der Waals surface area contributed by atoms with Crippen LogP contribution in [-0.4, -0.2) is 15.7 Å². The average molecular weight is 440 g/mol. The van der Waals surface area contributed by atoms with Crippen LogP contribution < -0.4 is 10.9 Å². The molecule has 33 heavy (non-hydrogen) atoms. The van der Waals surface area contributed by atoms with Gasteiger partial charge in [-0.1, -0.05) is 54.1 Å². The molecule has 1 heterocycles. The number of amides is 1. The summed E-state index contributed by atoms with van der Waals surface area (Å²) in [7, 11) is 0. The van der Waals surface area contributed by atoms with Gasteiger partial charge in [0, 0.05) is 10.9 Å². The van der Waals surface area contributed by atoms with Gasteiger partial charge in [0.15, 0.2) is 0 Å². The molecule has 0 aliphatic carbocycles. The molecule has 0 aliphatic heterocycles. The van der Waals surface area contributed by atoms with E-state index in [0.29, 0.717) is 11.1 Å². The Morgan fingerprint density at radius 1 is 0.909 bits per heavy atom. The molecule has 0 aliphatic rings. The van der Waals surface area contributed by atoms with E-state index in [9.17, 15) is 9.59 Å². The first kappa shape index (κ1) is 22.5. The molecule has 0 saturated carbocycles. The molecule has 1 aromatic heterocycles. The highest BCUT2D eigenvalue weighted by Crippen LogP contribution is 2.28. The zero-order valence-corrected chi connectivity index (χ0v) is 19.8. The van der Waals surface area contributed by atoms with Crippen LogP contribution in [0.1, 0.15) is 40.8 Å². The van der Waals surface area contributed by atoms with Gasteiger partial charge in [-0.25, -0.2) is 4.68 Å². The lowest BCUT2D eigenvalue weighted by Gasteiger charge is -2.17. The van der Waals surface area contributed by atoms with Crippen molar-refractivity contribution in [1.82, 2.24) is 15.1 Å². The van der Waals surface area contributed by atoms with E-state index in [1.54, 1.807) is 6.07 Å². The topological polar surface area (TPSA) is 64.0 Å². The fourth-order valence-corrected chi connectivity index (χ4v) is 4.07. The zero-order chi connectivity index (χ0) is 23.7. The van der Waals surface area contributed by atoms with Crippen LogP contribution >= 0.6 is 0 Å². The van der Waals surface area contributed by atoms with Gasteiger partial charge in [0.25, 0.3) is 5.56 Å². The summed E-state index contributed by atoms with van der Waals surface area (Å²) in [6.45, 7) is 9.98. The second-order valence-corrected chi connectivity index (χ2v) is 8.81. The molecule has 0 bridgehead atoms. The van der Waals surface area contributed by atoms with Crippen molar-refractivity contribution < 1.29 is 4.79 Å². The van der Waals surface area contributed by atoms with Crippen molar-refractivity contribution in [3.05, 3.63) is 98.8 Å². The van der Waals surface area contributed by atoms with Gasteiger partial charge in [-0.05, 0) is 69.0 Å². The van der Waals surface area contributed by atoms with Gasteiger partial charge in [0.1, 0.15) is 6.54 Å². The van der Waals surface area contributed by atoms with Gasteiger partial charge in [-0.15, -0.1) is 0 Å². The first-order valence-corrected chi connectivity index (χ1v) is 11.2. The molecule has 1 atom stereocenters. The van der Waals surface area contributed by atoms with Gasteiger partial charge < -0.3 is 5.32 Å². The highest BCUT2D eigenvalue weighted by Gasteiger charge is 2.17. The van der Waals surface area contributed by atoms with Crippen LogP contribution in [0.5, 0.6) is 0 Å². The van der Waals surface area contributed by atoms with Crippen LogP contribution in [0.3, 0.4) is 0 Å². The van der Waals surface area contributed by atoms with E-state index in [1.165, 1.54) is 15.8 Å². The molecule has 168 valence electrons. The van der Waals surface area contributed by atoms with Crippen LogP contribution in [0, 0.1) is 27.7 Å². The molecule has 0 radical (unpaired) electrons. The second-order valence-electron chi connectivity index (χ2n) is 8.81. The van der Waals surface area contributed by atoms with Gasteiger partial charge in [0.05, 0.1) is 17.1 Å². The van der Waals surface area contributed by atoms with Crippen LogP contribution in [-0.2, 0) is 11.3 Å². The van der Waals surface area contributed by atoms with E-state index in [4.69, 9.17) is 0 Å². The number of aromatic nitrogens is 2. The quantitative estimate of drug-likeness (QED) is 0.466. The van der Waals surface area contributed by atoms with Crippen LogP contribution in [0.2, 0.25) is 0 Å². The fourth-order valence-electron chi connectivity index (χ4n) is 4.07. The summed E-state index contributed by atoms with van der Waals surface area (Å²) in [6, 6.07) is 19.6. The third kappa shape index (κ3) is 4.58. The summed E-state index contributed by atoms with van der Waals surface area (Å²) >= 11 is 0. The number of aryl methyl sites for hydroxylation is 4. The van der Waals surface area contributed by atoms with Crippen molar-refractivity contribution in [2.45, 2.75) is 47.2 Å². The normalized spacial score (nSPS) is 12.0. The first-order chi connectivity index (χ1) is 15.7. The van der Waals surface area contributed by atoms with Crippen LogP contribution in [0.15, 0.2) is 65.5 Å². The molecule has 1 unspecified atom stereocenters. The van der Waals surface area contributed by atoms with Crippen LogP contribution in [0.4, 0.5) is 0 Å². The molecule has 5 heteroatoms. The Morgan fingerprint density at radius 2 is 1.61 bits per heavy atom. The van der Waals surface area contributed by atoms with Crippen molar-refractivity contribution in [1.29, 1.82) is 0 Å². The Hall–Kier alpha value is -3.73. The minimum Gasteiger partial charge on any atom is -0.348 e. The SMILES string of the molecule is Cc1ccc(C)c(-c2nn(CC(=O)NC(C)c3ccc(C)c(C)c3)c(=O)c3ccccc23)c1. The highest BCUT2D eigenvalue weighted by molar-refractivity contribution is 5.94. The largest absolute Gasteiger partial charge is 0.348 e. The fraction of sp³-hybridized carbons (Fsp3) is 0.250. The lowest BCUT2D eigenvalue weighted by molar-refractivity contribution is -0.122.